The van der Waals surface area contributed by atoms with Crippen molar-refractivity contribution in [3.8, 4) is 11.4 Å². The summed E-state index contributed by atoms with van der Waals surface area (Å²) in [5.74, 6) is 0. The van der Waals surface area contributed by atoms with Gasteiger partial charge >= 0.3 is 122 Å². The van der Waals surface area contributed by atoms with Crippen LogP contribution in [-0.2, 0) is 0 Å². The van der Waals surface area contributed by atoms with E-state index in [2.05, 4.69) is 40.3 Å². The molecule has 0 aliphatic carbocycles. The number of benzene rings is 1. The van der Waals surface area contributed by atoms with Gasteiger partial charge < -0.3 is 0 Å². The predicted octanol–water partition coefficient (Wildman–Crippen LogP) is 3.82. The van der Waals surface area contributed by atoms with Crippen molar-refractivity contribution in [3.05, 3.63) is 60.4 Å². The van der Waals surface area contributed by atoms with Crippen LogP contribution in [-0.4, -0.2) is 24.5 Å². The predicted molar refractivity (Wildman–Crippen MR) is 84.2 cm³/mol. The van der Waals surface area contributed by atoms with Crippen molar-refractivity contribution < 1.29 is 0 Å². The molecule has 4 rings (SSSR count). The van der Waals surface area contributed by atoms with Crippen molar-refractivity contribution in [2.75, 3.05) is 0 Å². The summed E-state index contributed by atoms with van der Waals surface area (Å²) >= 11 is 0.382. The molecule has 3 heteroatoms. The Balaban J connectivity index is 1.97. The van der Waals surface area contributed by atoms with Gasteiger partial charge in [-0.25, -0.2) is 0 Å². The third-order valence-electron chi connectivity index (χ3n) is 3.41. The quantitative estimate of drug-likeness (QED) is 0.498. The molecule has 20 heavy (non-hydrogen) atoms. The molecule has 2 nitrogen and oxygen atoms in total. The van der Waals surface area contributed by atoms with Crippen LogP contribution >= 0.6 is 0 Å². The molecule has 0 saturated heterocycles. The van der Waals surface area contributed by atoms with Gasteiger partial charge in [0, 0.05) is 0 Å². The van der Waals surface area contributed by atoms with E-state index in [-0.39, 0.29) is 0 Å². The Labute approximate surface area is 122 Å². The van der Waals surface area contributed by atoms with Gasteiger partial charge in [-0.15, -0.1) is 0 Å². The molecule has 0 fully saturated rings. The van der Waals surface area contributed by atoms with E-state index < -0.39 is 0 Å². The van der Waals surface area contributed by atoms with Crippen LogP contribution in [0.2, 0.25) is 0 Å². The van der Waals surface area contributed by atoms with Gasteiger partial charge in [-0.2, -0.15) is 0 Å². The molecule has 0 atom stereocenters. The average Bonchev–Trinajstić information content (AvgIpc) is 2.85. The number of nitrogens with zero attached hydrogens (tertiary/aromatic N) is 2. The fourth-order valence-electron chi connectivity index (χ4n) is 2.45. The number of hydrogen-bond donors (Lipinski definition) is 0. The van der Waals surface area contributed by atoms with E-state index >= 15 is 0 Å². The van der Waals surface area contributed by atoms with Crippen LogP contribution in [0.4, 0.5) is 0 Å². The van der Waals surface area contributed by atoms with Gasteiger partial charge in [0.2, 0.25) is 0 Å². The van der Waals surface area contributed by atoms with Gasteiger partial charge in [0.25, 0.3) is 0 Å². The van der Waals surface area contributed by atoms with Crippen LogP contribution in [0.15, 0.2) is 54.7 Å². The first-order chi connectivity index (χ1) is 9.81. The summed E-state index contributed by atoms with van der Waals surface area (Å²) in [7, 11) is 0. The second-order valence-electron chi connectivity index (χ2n) is 4.83. The van der Waals surface area contributed by atoms with Gasteiger partial charge in [0.15, 0.2) is 0 Å². The topological polar surface area (TPSA) is 25.8 Å². The Bertz CT molecular complexity index is 924. The molecule has 3 heterocycles. The molecular formula is C17H12N2Se. The number of rotatable bonds is 1. The van der Waals surface area contributed by atoms with Crippen molar-refractivity contribution in [1.82, 2.24) is 9.97 Å². The summed E-state index contributed by atoms with van der Waals surface area (Å²) < 4.78 is 2.86. The van der Waals surface area contributed by atoms with Crippen molar-refractivity contribution in [2.24, 2.45) is 0 Å². The summed E-state index contributed by atoms with van der Waals surface area (Å²) in [6.45, 7) is 2.01. The first kappa shape index (κ1) is 11.8. The Kier molecular flexibility index (Phi) is 2.69. The molecule has 0 radical (unpaired) electrons. The molecule has 3 aromatic heterocycles. The fourth-order valence-corrected chi connectivity index (χ4v) is 4.78. The van der Waals surface area contributed by atoms with E-state index in [4.69, 9.17) is 0 Å². The summed E-state index contributed by atoms with van der Waals surface area (Å²) in [5, 5.41) is 2.63. The Morgan fingerprint density at radius 1 is 0.850 bits per heavy atom. The molecule has 0 N–H and O–H groups in total. The summed E-state index contributed by atoms with van der Waals surface area (Å²) in [5.41, 5.74) is 2.96. The zero-order chi connectivity index (χ0) is 13.5. The first-order valence-corrected chi connectivity index (χ1v) is 8.24. The SMILES string of the molecule is Cc1cccc(-c2cc3[se]c4ccccc4c3cn2)n1. The maximum atomic E-state index is 4.61. The molecule has 0 amide bonds. The number of pyridine rings is 2. The summed E-state index contributed by atoms with van der Waals surface area (Å²) in [6.07, 6.45) is 2.00. The maximum absolute atomic E-state index is 4.61. The molecule has 96 valence electrons. The van der Waals surface area contributed by atoms with Crippen LogP contribution in [0.1, 0.15) is 5.69 Å². The summed E-state index contributed by atoms with van der Waals surface area (Å²) in [6, 6.07) is 16.9. The molecule has 0 saturated carbocycles. The van der Waals surface area contributed by atoms with Gasteiger partial charge in [-0.1, -0.05) is 0 Å². The average molecular weight is 323 g/mol. The molecule has 0 unspecified atom stereocenters. The normalized spacial score (nSPS) is 11.2. The minimum atomic E-state index is 0.382. The fraction of sp³-hybridized carbons (Fsp3) is 0.0588. The van der Waals surface area contributed by atoms with E-state index in [0.717, 1.165) is 17.1 Å². The minimum absolute atomic E-state index is 0.382. The van der Waals surface area contributed by atoms with Crippen LogP contribution in [0, 0.1) is 6.92 Å². The Morgan fingerprint density at radius 2 is 1.75 bits per heavy atom. The number of aromatic nitrogens is 2. The Morgan fingerprint density at radius 3 is 2.65 bits per heavy atom. The molecular weight excluding hydrogens is 311 g/mol. The third-order valence-corrected chi connectivity index (χ3v) is 5.79. The van der Waals surface area contributed by atoms with Crippen molar-refractivity contribution in [3.63, 3.8) is 0 Å². The van der Waals surface area contributed by atoms with Crippen LogP contribution in [0.5, 0.6) is 0 Å². The molecule has 4 aromatic rings. The number of fused-ring (bicyclic) bond motifs is 3. The zero-order valence-electron chi connectivity index (χ0n) is 11.0. The number of aryl methyl sites for hydroxylation is 1. The van der Waals surface area contributed by atoms with Gasteiger partial charge in [0.05, 0.1) is 0 Å². The van der Waals surface area contributed by atoms with Crippen LogP contribution < -0.4 is 0 Å². The van der Waals surface area contributed by atoms with E-state index in [1.54, 1.807) is 0 Å². The summed E-state index contributed by atoms with van der Waals surface area (Å²) in [4.78, 5) is 9.17. The molecule has 0 aliphatic rings. The van der Waals surface area contributed by atoms with E-state index in [1.165, 1.54) is 19.3 Å². The van der Waals surface area contributed by atoms with Gasteiger partial charge in [-0.05, 0) is 0 Å². The molecule has 0 aliphatic heterocycles. The third kappa shape index (κ3) is 1.87. The van der Waals surface area contributed by atoms with Gasteiger partial charge in [0.1, 0.15) is 0 Å². The second kappa shape index (κ2) is 4.55. The van der Waals surface area contributed by atoms with Crippen molar-refractivity contribution >= 4 is 33.8 Å². The molecule has 0 spiro atoms. The van der Waals surface area contributed by atoms with E-state index in [0.29, 0.717) is 14.5 Å². The van der Waals surface area contributed by atoms with E-state index in [9.17, 15) is 0 Å². The monoisotopic (exact) mass is 324 g/mol. The van der Waals surface area contributed by atoms with Crippen LogP contribution in [0.3, 0.4) is 0 Å². The molecule has 0 bridgehead atoms. The Hall–Kier alpha value is -1.96. The second-order valence-corrected chi connectivity index (χ2v) is 7.10. The molecule has 1 aromatic carbocycles. The first-order valence-electron chi connectivity index (χ1n) is 6.52. The van der Waals surface area contributed by atoms with Crippen molar-refractivity contribution in [2.45, 2.75) is 6.92 Å². The number of hydrogen-bond acceptors (Lipinski definition) is 2. The van der Waals surface area contributed by atoms with Gasteiger partial charge in [-0.3, -0.25) is 0 Å². The zero-order valence-corrected chi connectivity index (χ0v) is 12.7. The van der Waals surface area contributed by atoms with Crippen molar-refractivity contribution in [1.29, 1.82) is 0 Å². The van der Waals surface area contributed by atoms with E-state index in [1.807, 2.05) is 31.3 Å². The van der Waals surface area contributed by atoms with Crippen LogP contribution in [0.25, 0.3) is 30.7 Å². The standard InChI is InChI=1S/C17H12N2Se/c1-11-5-4-7-14(19-11)15-9-17-13(10-18-15)12-6-2-3-8-16(12)20-17/h2-10H,1H3.